The fourth-order valence-corrected chi connectivity index (χ4v) is 4.90. The number of halogens is 3. The minimum Gasteiger partial charge on any atom is -0.360 e. The molecule has 0 atom stereocenters. The number of alkyl halides is 3. The highest BCUT2D eigenvalue weighted by molar-refractivity contribution is 7.07. The Labute approximate surface area is 214 Å². The van der Waals surface area contributed by atoms with Crippen LogP contribution in [-0.2, 0) is 16.1 Å². The number of carbonyl (C=O) groups excluding carboxylic acids is 2. The van der Waals surface area contributed by atoms with Crippen molar-refractivity contribution in [3.8, 4) is 6.07 Å². The number of benzene rings is 1. The molecule has 1 aliphatic rings. The molecule has 2 aromatic rings. The van der Waals surface area contributed by atoms with E-state index in [9.17, 15) is 32.8 Å². The summed E-state index contributed by atoms with van der Waals surface area (Å²) in [4.78, 5) is 39.5. The number of hydrogen-bond donors (Lipinski definition) is 3. The van der Waals surface area contributed by atoms with E-state index >= 15 is 0 Å². The largest absolute Gasteiger partial charge is 0.405 e. The number of likely N-dealkylation sites (tertiary alicyclic amines) is 1. The van der Waals surface area contributed by atoms with Crippen molar-refractivity contribution >= 4 is 46.3 Å². The van der Waals surface area contributed by atoms with Gasteiger partial charge in [-0.2, -0.15) is 18.4 Å². The predicted octanol–water partition coefficient (Wildman–Crippen LogP) is 1.56. The van der Waals surface area contributed by atoms with Crippen LogP contribution in [0.1, 0.15) is 26.2 Å². The highest BCUT2D eigenvalue weighted by Crippen LogP contribution is 2.16. The molecule has 13 heteroatoms. The van der Waals surface area contributed by atoms with Gasteiger partial charge in [-0.1, -0.05) is 12.5 Å². The van der Waals surface area contributed by atoms with Crippen LogP contribution < -0.4 is 30.7 Å². The number of nitrogens with zero attached hydrogens (tertiary/aromatic N) is 3. The molecule has 0 radical (unpaired) electrons. The zero-order valence-corrected chi connectivity index (χ0v) is 21.0. The normalized spacial score (nSPS) is 15.6. The fourth-order valence-electron chi connectivity index (χ4n) is 3.81. The molecule has 0 saturated carbocycles. The van der Waals surface area contributed by atoms with Gasteiger partial charge in [0.05, 0.1) is 6.54 Å². The Morgan fingerprint density at radius 3 is 2.54 bits per heavy atom. The molecule has 3 N–H and O–H groups in total. The molecule has 0 bridgehead atoms. The first-order valence-corrected chi connectivity index (χ1v) is 12.5. The molecule has 198 valence electrons. The van der Waals surface area contributed by atoms with Crippen LogP contribution >= 0.6 is 11.3 Å². The Hall–Kier alpha value is -3.63. The molecule has 1 saturated heterocycles. The molecule has 1 fully saturated rings. The third-order valence-electron chi connectivity index (χ3n) is 5.56. The van der Waals surface area contributed by atoms with Crippen molar-refractivity contribution < 1.29 is 22.8 Å². The molecule has 37 heavy (non-hydrogen) atoms. The van der Waals surface area contributed by atoms with Gasteiger partial charge in [0.25, 0.3) is 11.5 Å². The van der Waals surface area contributed by atoms with E-state index in [2.05, 4.69) is 15.5 Å². The fraction of sp³-hybridized carbons (Fsp3) is 0.417. The number of nitriles is 1. The van der Waals surface area contributed by atoms with Crippen LogP contribution in [0.5, 0.6) is 0 Å². The van der Waals surface area contributed by atoms with E-state index in [0.29, 0.717) is 17.9 Å². The summed E-state index contributed by atoms with van der Waals surface area (Å²) < 4.78 is 38.7. The Bertz CT molecular complexity index is 1350. The number of hydrogen-bond acceptors (Lipinski definition) is 7. The predicted molar refractivity (Wildman–Crippen MR) is 135 cm³/mol. The Morgan fingerprint density at radius 1 is 1.19 bits per heavy atom. The summed E-state index contributed by atoms with van der Waals surface area (Å²) >= 11 is 0.814. The molecule has 0 spiro atoms. The number of anilines is 2. The second kappa shape index (κ2) is 12.6. The van der Waals surface area contributed by atoms with E-state index in [4.69, 9.17) is 0 Å². The topological polar surface area (TPSA) is 119 Å². The Balaban J connectivity index is 1.80. The average Bonchev–Trinajstić information content (AvgIpc) is 3.17. The van der Waals surface area contributed by atoms with Crippen LogP contribution in [0.2, 0.25) is 0 Å². The van der Waals surface area contributed by atoms with Crippen molar-refractivity contribution in [3.63, 3.8) is 0 Å². The third-order valence-corrected chi connectivity index (χ3v) is 6.69. The van der Waals surface area contributed by atoms with E-state index in [1.54, 1.807) is 42.6 Å². The first-order chi connectivity index (χ1) is 17.6. The number of piperidine rings is 1. The van der Waals surface area contributed by atoms with Gasteiger partial charge in [0.2, 0.25) is 5.91 Å². The van der Waals surface area contributed by atoms with Gasteiger partial charge in [-0.25, -0.2) is 0 Å². The maximum absolute atomic E-state index is 12.8. The molecule has 0 aliphatic carbocycles. The van der Waals surface area contributed by atoms with E-state index in [1.165, 1.54) is 12.6 Å². The number of aromatic nitrogens is 1. The highest BCUT2D eigenvalue weighted by Gasteiger charge is 2.29. The van der Waals surface area contributed by atoms with Gasteiger partial charge in [-0.05, 0) is 51.1 Å². The highest BCUT2D eigenvalue weighted by atomic mass is 32.1. The lowest BCUT2D eigenvalue weighted by Gasteiger charge is -2.25. The van der Waals surface area contributed by atoms with Gasteiger partial charge >= 0.3 is 6.18 Å². The number of thiazole rings is 1. The summed E-state index contributed by atoms with van der Waals surface area (Å²) in [7, 11) is 0. The summed E-state index contributed by atoms with van der Waals surface area (Å²) in [6, 6.07) is 8.48. The van der Waals surface area contributed by atoms with Gasteiger partial charge in [0, 0.05) is 24.1 Å². The molecule has 9 nitrogen and oxygen atoms in total. The minimum absolute atomic E-state index is 0.0403. The summed E-state index contributed by atoms with van der Waals surface area (Å²) in [5.41, 5.74) is 0.0592. The summed E-state index contributed by atoms with van der Waals surface area (Å²) in [5.74, 6) is -1.34. The van der Waals surface area contributed by atoms with E-state index in [0.717, 1.165) is 41.8 Å². The lowest BCUT2D eigenvalue weighted by atomic mass is 10.1. The first kappa shape index (κ1) is 27.9. The van der Waals surface area contributed by atoms with Crippen LogP contribution in [0.3, 0.4) is 0 Å². The lowest BCUT2D eigenvalue weighted by Crippen LogP contribution is -2.37. The Kier molecular flexibility index (Phi) is 9.48. The summed E-state index contributed by atoms with van der Waals surface area (Å²) in [5, 5.41) is 16.9. The second-order valence-electron chi connectivity index (χ2n) is 8.36. The number of rotatable bonds is 8. The number of amides is 2. The van der Waals surface area contributed by atoms with Crippen molar-refractivity contribution in [2.45, 2.75) is 38.9 Å². The number of nitrogens with one attached hydrogen (secondary N) is 3. The summed E-state index contributed by atoms with van der Waals surface area (Å²) in [6.07, 6.45) is 0.0933. The molecular weight excluding hydrogens is 509 g/mol. The van der Waals surface area contributed by atoms with Gasteiger partial charge in [-0.15, -0.1) is 11.3 Å². The maximum atomic E-state index is 12.8. The molecule has 1 aromatic heterocycles. The Morgan fingerprint density at radius 2 is 1.89 bits per heavy atom. The van der Waals surface area contributed by atoms with Crippen molar-refractivity contribution in [2.75, 3.05) is 36.8 Å². The monoisotopic (exact) mass is 536 g/mol. The standard InChI is InChI=1S/C24H27F3N6O3S/c1-2-33-22(36)19(37-23(33)18(12-28)21(35)30-15-24(25,26)27)13-29-16-7-6-8-17(11-16)31-20(34)14-32-9-4-3-5-10-32/h6-8,11,13,29H,2-5,9-10,14-15H2,1H3,(H,30,35)(H,31,34)/b19-13+,23-18-. The van der Waals surface area contributed by atoms with Crippen LogP contribution in [0.25, 0.3) is 11.8 Å². The molecule has 0 unspecified atom stereocenters. The van der Waals surface area contributed by atoms with E-state index < -0.39 is 29.8 Å². The molecule has 1 aromatic carbocycles. The molecule has 2 amide bonds. The quantitative estimate of drug-likeness (QED) is 0.471. The zero-order valence-electron chi connectivity index (χ0n) is 20.2. The lowest BCUT2D eigenvalue weighted by molar-refractivity contribution is -0.135. The van der Waals surface area contributed by atoms with Crippen LogP contribution in [0.15, 0.2) is 29.1 Å². The molecule has 1 aliphatic heterocycles. The number of carbonyl (C=O) groups is 2. The van der Waals surface area contributed by atoms with Gasteiger partial charge in [-0.3, -0.25) is 23.9 Å². The van der Waals surface area contributed by atoms with Gasteiger partial charge < -0.3 is 16.0 Å². The maximum Gasteiger partial charge on any atom is 0.405 e. The minimum atomic E-state index is -4.64. The zero-order chi connectivity index (χ0) is 27.0. The smallest absolute Gasteiger partial charge is 0.360 e. The third kappa shape index (κ3) is 7.93. The van der Waals surface area contributed by atoms with Gasteiger partial charge in [0.15, 0.2) is 5.57 Å². The van der Waals surface area contributed by atoms with Crippen LogP contribution in [0, 0.1) is 11.3 Å². The molecule has 3 rings (SSSR count). The average molecular weight is 537 g/mol. The van der Waals surface area contributed by atoms with Crippen molar-refractivity contribution in [2.24, 2.45) is 0 Å². The van der Waals surface area contributed by atoms with Crippen LogP contribution in [-0.4, -0.2) is 53.6 Å². The van der Waals surface area contributed by atoms with E-state index in [-0.39, 0.29) is 21.6 Å². The first-order valence-electron chi connectivity index (χ1n) is 11.7. The van der Waals surface area contributed by atoms with E-state index in [1.807, 2.05) is 0 Å². The van der Waals surface area contributed by atoms with Gasteiger partial charge in [0.1, 0.15) is 21.8 Å². The van der Waals surface area contributed by atoms with Crippen molar-refractivity contribution in [1.82, 2.24) is 14.8 Å². The van der Waals surface area contributed by atoms with Crippen molar-refractivity contribution in [1.29, 1.82) is 5.26 Å². The van der Waals surface area contributed by atoms with Crippen LogP contribution in [0.4, 0.5) is 24.5 Å². The second-order valence-corrected chi connectivity index (χ2v) is 9.39. The summed E-state index contributed by atoms with van der Waals surface area (Å²) in [6.45, 7) is 2.24. The molecule has 2 heterocycles. The van der Waals surface area contributed by atoms with Crippen molar-refractivity contribution in [3.05, 3.63) is 43.8 Å². The molecular formula is C24H27F3N6O3S. The SMILES string of the molecule is CCn1c(=O)/c(=C\Nc2cccc(NC(=O)CN3CCCCC3)c2)s/c1=C(/C#N)C(=O)NCC(F)(F)F.